The number of aromatic hydroxyl groups is 1. The van der Waals surface area contributed by atoms with Gasteiger partial charge in [0.2, 0.25) is 0 Å². The van der Waals surface area contributed by atoms with Crippen LogP contribution in [0.4, 0.5) is 4.79 Å². The molecule has 1 aliphatic rings. The van der Waals surface area contributed by atoms with E-state index >= 15 is 0 Å². The molecule has 104 valence electrons. The average molecular weight is 262 g/mol. The second kappa shape index (κ2) is 5.95. The van der Waals surface area contributed by atoms with Gasteiger partial charge in [-0.05, 0) is 43.4 Å². The van der Waals surface area contributed by atoms with Gasteiger partial charge in [0, 0.05) is 12.6 Å². The van der Waals surface area contributed by atoms with Crippen molar-refractivity contribution in [2.75, 3.05) is 0 Å². The number of nitrogens with one attached hydrogen (secondary N) is 2. The number of amides is 2. The van der Waals surface area contributed by atoms with Crippen LogP contribution in [0.25, 0.3) is 0 Å². The van der Waals surface area contributed by atoms with Gasteiger partial charge in [0.1, 0.15) is 5.75 Å². The molecule has 0 atom stereocenters. The van der Waals surface area contributed by atoms with Crippen molar-refractivity contribution in [3.05, 3.63) is 28.8 Å². The molecule has 0 heterocycles. The van der Waals surface area contributed by atoms with Gasteiger partial charge >= 0.3 is 6.03 Å². The molecule has 0 bridgehead atoms. The van der Waals surface area contributed by atoms with Gasteiger partial charge in [-0.2, -0.15) is 0 Å². The number of urea groups is 1. The van der Waals surface area contributed by atoms with Crippen molar-refractivity contribution in [3.8, 4) is 5.75 Å². The lowest BCUT2D eigenvalue weighted by Gasteiger charge is -2.13. The molecule has 2 rings (SSSR count). The monoisotopic (exact) mass is 262 g/mol. The van der Waals surface area contributed by atoms with Crippen LogP contribution in [-0.2, 0) is 6.54 Å². The Bertz CT molecular complexity index is 442. The lowest BCUT2D eigenvalue weighted by Crippen LogP contribution is -2.40. The Kier molecular flexibility index (Phi) is 4.30. The summed E-state index contributed by atoms with van der Waals surface area (Å²) in [5, 5.41) is 15.6. The van der Waals surface area contributed by atoms with Crippen LogP contribution in [-0.4, -0.2) is 17.2 Å². The van der Waals surface area contributed by atoms with Crippen molar-refractivity contribution < 1.29 is 9.90 Å². The highest BCUT2D eigenvalue weighted by Gasteiger charge is 2.16. The molecule has 1 aromatic rings. The van der Waals surface area contributed by atoms with Gasteiger partial charge in [0.15, 0.2) is 0 Å². The third kappa shape index (κ3) is 3.63. The number of hydrogen-bond acceptors (Lipinski definition) is 2. The molecule has 1 saturated carbocycles. The number of hydrogen-bond donors (Lipinski definition) is 3. The van der Waals surface area contributed by atoms with Crippen molar-refractivity contribution >= 4 is 6.03 Å². The molecule has 4 nitrogen and oxygen atoms in total. The van der Waals surface area contributed by atoms with Gasteiger partial charge in [-0.25, -0.2) is 4.79 Å². The highest BCUT2D eigenvalue weighted by molar-refractivity contribution is 5.74. The van der Waals surface area contributed by atoms with Gasteiger partial charge in [-0.15, -0.1) is 0 Å². The Morgan fingerprint density at radius 2 is 1.84 bits per heavy atom. The van der Waals surface area contributed by atoms with Crippen LogP contribution in [0.15, 0.2) is 12.1 Å². The molecule has 0 unspecified atom stereocenters. The first-order chi connectivity index (χ1) is 9.06. The zero-order chi connectivity index (χ0) is 13.8. The first kappa shape index (κ1) is 13.7. The molecule has 0 spiro atoms. The van der Waals surface area contributed by atoms with E-state index in [9.17, 15) is 9.90 Å². The summed E-state index contributed by atoms with van der Waals surface area (Å²) in [5.41, 5.74) is 2.69. The number of carbonyl (C=O) groups excluding carboxylic acids is 1. The number of rotatable bonds is 3. The molecular weight excluding hydrogens is 240 g/mol. The van der Waals surface area contributed by atoms with Crippen molar-refractivity contribution in [1.82, 2.24) is 10.6 Å². The molecule has 3 N–H and O–H groups in total. The highest BCUT2D eigenvalue weighted by Crippen LogP contribution is 2.22. The molecule has 19 heavy (non-hydrogen) atoms. The third-order valence-electron chi connectivity index (χ3n) is 3.69. The van der Waals surface area contributed by atoms with Gasteiger partial charge in [0.25, 0.3) is 0 Å². The molecule has 1 fully saturated rings. The average Bonchev–Trinajstić information content (AvgIpc) is 2.86. The van der Waals surface area contributed by atoms with Crippen molar-refractivity contribution in [3.63, 3.8) is 0 Å². The van der Waals surface area contributed by atoms with E-state index in [0.717, 1.165) is 29.5 Å². The standard InChI is InChI=1S/C15H22N2O2/c1-10-7-12(8-11(2)14(10)18)9-16-15(19)17-13-5-3-4-6-13/h7-8,13,18H,3-6,9H2,1-2H3,(H2,16,17,19). The highest BCUT2D eigenvalue weighted by atomic mass is 16.3. The van der Waals surface area contributed by atoms with E-state index < -0.39 is 0 Å². The summed E-state index contributed by atoms with van der Waals surface area (Å²) in [6, 6.07) is 4.04. The molecular formula is C15H22N2O2. The second-order valence-electron chi connectivity index (χ2n) is 5.39. The van der Waals surface area contributed by atoms with E-state index in [1.54, 1.807) is 0 Å². The predicted molar refractivity (Wildman–Crippen MR) is 75.2 cm³/mol. The zero-order valence-corrected chi connectivity index (χ0v) is 11.6. The number of benzene rings is 1. The molecule has 4 heteroatoms. The minimum absolute atomic E-state index is 0.102. The number of carbonyl (C=O) groups is 1. The lowest BCUT2D eigenvalue weighted by atomic mass is 10.1. The number of phenols is 1. The van der Waals surface area contributed by atoms with Gasteiger partial charge < -0.3 is 15.7 Å². The summed E-state index contributed by atoms with van der Waals surface area (Å²) in [4.78, 5) is 11.7. The van der Waals surface area contributed by atoms with E-state index in [4.69, 9.17) is 0 Å². The first-order valence-electron chi connectivity index (χ1n) is 6.89. The van der Waals surface area contributed by atoms with E-state index in [0.29, 0.717) is 18.3 Å². The van der Waals surface area contributed by atoms with Gasteiger partial charge in [-0.1, -0.05) is 25.0 Å². The summed E-state index contributed by atoms with van der Waals surface area (Å²) in [6.07, 6.45) is 4.60. The van der Waals surface area contributed by atoms with Crippen LogP contribution in [0, 0.1) is 13.8 Å². The van der Waals surface area contributed by atoms with E-state index in [1.807, 2.05) is 26.0 Å². The Labute approximate surface area is 114 Å². The first-order valence-corrected chi connectivity index (χ1v) is 6.89. The Morgan fingerprint density at radius 1 is 1.26 bits per heavy atom. The van der Waals surface area contributed by atoms with Crippen LogP contribution < -0.4 is 10.6 Å². The normalized spacial score (nSPS) is 15.5. The molecule has 1 aliphatic carbocycles. The maximum Gasteiger partial charge on any atom is 0.315 e. The largest absolute Gasteiger partial charge is 0.507 e. The smallest absolute Gasteiger partial charge is 0.315 e. The fraction of sp³-hybridized carbons (Fsp3) is 0.533. The quantitative estimate of drug-likeness (QED) is 0.784. The molecule has 0 saturated heterocycles. The van der Waals surface area contributed by atoms with Crippen LogP contribution in [0.5, 0.6) is 5.75 Å². The van der Waals surface area contributed by atoms with Crippen molar-refractivity contribution in [2.45, 2.75) is 52.1 Å². The Balaban J connectivity index is 1.86. The Morgan fingerprint density at radius 3 is 2.42 bits per heavy atom. The maximum atomic E-state index is 11.7. The van der Waals surface area contributed by atoms with E-state index in [2.05, 4.69) is 10.6 Å². The molecule has 0 aliphatic heterocycles. The molecule has 0 radical (unpaired) electrons. The van der Waals surface area contributed by atoms with E-state index in [-0.39, 0.29) is 6.03 Å². The second-order valence-corrected chi connectivity index (χ2v) is 5.39. The maximum absolute atomic E-state index is 11.7. The van der Waals surface area contributed by atoms with Crippen LogP contribution >= 0.6 is 0 Å². The summed E-state index contributed by atoms with van der Waals surface area (Å²) in [5.74, 6) is 0.333. The summed E-state index contributed by atoms with van der Waals surface area (Å²) in [7, 11) is 0. The lowest BCUT2D eigenvalue weighted by molar-refractivity contribution is 0.236. The molecule has 0 aromatic heterocycles. The van der Waals surface area contributed by atoms with E-state index in [1.165, 1.54) is 12.8 Å². The fourth-order valence-electron chi connectivity index (χ4n) is 2.64. The van der Waals surface area contributed by atoms with Crippen molar-refractivity contribution in [2.24, 2.45) is 0 Å². The van der Waals surface area contributed by atoms with Gasteiger partial charge in [-0.3, -0.25) is 0 Å². The Hall–Kier alpha value is -1.71. The summed E-state index contributed by atoms with van der Waals surface area (Å²) >= 11 is 0. The zero-order valence-electron chi connectivity index (χ0n) is 11.6. The predicted octanol–water partition coefficient (Wildman–Crippen LogP) is 2.75. The fourth-order valence-corrected chi connectivity index (χ4v) is 2.64. The van der Waals surface area contributed by atoms with Crippen LogP contribution in [0.3, 0.4) is 0 Å². The number of aryl methyl sites for hydroxylation is 2. The van der Waals surface area contributed by atoms with Crippen LogP contribution in [0.1, 0.15) is 42.4 Å². The SMILES string of the molecule is Cc1cc(CNC(=O)NC2CCCC2)cc(C)c1O. The summed E-state index contributed by atoms with van der Waals surface area (Å²) < 4.78 is 0. The minimum Gasteiger partial charge on any atom is -0.507 e. The topological polar surface area (TPSA) is 61.4 Å². The van der Waals surface area contributed by atoms with Gasteiger partial charge in [0.05, 0.1) is 0 Å². The van der Waals surface area contributed by atoms with Crippen LogP contribution in [0.2, 0.25) is 0 Å². The minimum atomic E-state index is -0.102. The third-order valence-corrected chi connectivity index (χ3v) is 3.69. The summed E-state index contributed by atoms with van der Waals surface area (Å²) in [6.45, 7) is 4.22. The van der Waals surface area contributed by atoms with Crippen molar-refractivity contribution in [1.29, 1.82) is 0 Å². The molecule has 1 aromatic carbocycles. The number of phenolic OH excluding ortho intramolecular Hbond substituents is 1. The molecule has 2 amide bonds.